The Hall–Kier alpha value is -3.07. The number of hydrogen-bond donors (Lipinski definition) is 2. The molecule has 0 spiro atoms. The monoisotopic (exact) mass is 285 g/mol. The molecule has 0 aliphatic rings. The van der Waals surface area contributed by atoms with Gasteiger partial charge in [0, 0.05) is 28.2 Å². The fraction of sp³-hybridized carbons (Fsp3) is 0. The fourth-order valence-electron chi connectivity index (χ4n) is 2.72. The van der Waals surface area contributed by atoms with E-state index in [4.69, 9.17) is 5.73 Å². The Morgan fingerprint density at radius 1 is 0.909 bits per heavy atom. The van der Waals surface area contributed by atoms with E-state index in [1.165, 1.54) is 5.39 Å². The number of anilines is 1. The van der Waals surface area contributed by atoms with Crippen LogP contribution in [0, 0.1) is 0 Å². The van der Waals surface area contributed by atoms with E-state index in [0.29, 0.717) is 0 Å². The summed E-state index contributed by atoms with van der Waals surface area (Å²) in [5.74, 6) is 0. The second kappa shape index (κ2) is 5.04. The maximum absolute atomic E-state index is 6.12. The van der Waals surface area contributed by atoms with Crippen LogP contribution in [0.4, 0.5) is 5.69 Å². The second-order valence-electron chi connectivity index (χ2n) is 5.28. The van der Waals surface area contributed by atoms with Gasteiger partial charge in [0.05, 0.1) is 11.2 Å². The van der Waals surface area contributed by atoms with Gasteiger partial charge in [-0.15, -0.1) is 0 Å². The first-order chi connectivity index (χ1) is 10.8. The second-order valence-corrected chi connectivity index (χ2v) is 5.28. The summed E-state index contributed by atoms with van der Waals surface area (Å²) >= 11 is 0. The molecule has 0 unspecified atom stereocenters. The molecule has 3 nitrogen and oxygen atoms in total. The van der Waals surface area contributed by atoms with Crippen LogP contribution < -0.4 is 5.73 Å². The van der Waals surface area contributed by atoms with E-state index in [2.05, 4.69) is 28.2 Å². The molecule has 0 bridgehead atoms. The molecule has 22 heavy (non-hydrogen) atoms. The highest BCUT2D eigenvalue weighted by Crippen LogP contribution is 2.23. The van der Waals surface area contributed by atoms with Crippen LogP contribution in [0.25, 0.3) is 34.0 Å². The van der Waals surface area contributed by atoms with E-state index in [1.807, 2.05) is 54.7 Å². The third kappa shape index (κ3) is 2.13. The van der Waals surface area contributed by atoms with Crippen molar-refractivity contribution in [1.29, 1.82) is 0 Å². The minimum absolute atomic E-state index is 0.754. The Morgan fingerprint density at radius 3 is 2.59 bits per heavy atom. The molecule has 0 atom stereocenters. The normalized spacial score (nSPS) is 11.6. The number of nitrogens with one attached hydrogen (secondary N) is 1. The highest BCUT2D eigenvalue weighted by atomic mass is 14.7. The highest BCUT2D eigenvalue weighted by Gasteiger charge is 2.02. The summed E-state index contributed by atoms with van der Waals surface area (Å²) in [5, 5.41) is 2.19. The predicted molar refractivity (Wildman–Crippen MR) is 93.4 cm³/mol. The summed E-state index contributed by atoms with van der Waals surface area (Å²) in [6.45, 7) is 0. The molecule has 2 aromatic carbocycles. The van der Waals surface area contributed by atoms with Crippen molar-refractivity contribution in [2.45, 2.75) is 0 Å². The van der Waals surface area contributed by atoms with Gasteiger partial charge in [0.2, 0.25) is 0 Å². The van der Waals surface area contributed by atoms with Gasteiger partial charge in [-0.3, -0.25) is 0 Å². The number of hydrogen-bond acceptors (Lipinski definition) is 2. The number of aromatic nitrogens is 2. The largest absolute Gasteiger partial charge is 0.398 e. The molecule has 0 aliphatic carbocycles. The molecule has 0 saturated carbocycles. The first kappa shape index (κ1) is 12.7. The van der Waals surface area contributed by atoms with E-state index in [0.717, 1.165) is 33.4 Å². The summed E-state index contributed by atoms with van der Waals surface area (Å²) < 4.78 is 0. The van der Waals surface area contributed by atoms with Crippen molar-refractivity contribution in [1.82, 2.24) is 9.97 Å². The summed E-state index contributed by atoms with van der Waals surface area (Å²) in [5.41, 5.74) is 10.9. The van der Waals surface area contributed by atoms with Crippen molar-refractivity contribution in [2.24, 2.45) is 0 Å². The molecule has 4 aromatic rings. The maximum Gasteiger partial charge on any atom is 0.0729 e. The molecule has 0 amide bonds. The third-order valence-corrected chi connectivity index (χ3v) is 3.82. The van der Waals surface area contributed by atoms with Crippen molar-refractivity contribution >= 4 is 39.6 Å². The Morgan fingerprint density at radius 2 is 1.68 bits per heavy atom. The van der Waals surface area contributed by atoms with E-state index in [1.54, 1.807) is 0 Å². The van der Waals surface area contributed by atoms with Crippen LogP contribution in [-0.2, 0) is 0 Å². The number of rotatable bonds is 2. The van der Waals surface area contributed by atoms with Crippen LogP contribution in [-0.4, -0.2) is 9.97 Å². The summed E-state index contributed by atoms with van der Waals surface area (Å²) in [4.78, 5) is 7.91. The Bertz CT molecular complexity index is 996. The van der Waals surface area contributed by atoms with Crippen LogP contribution in [0.1, 0.15) is 11.3 Å². The molecule has 2 aromatic heterocycles. The molecule has 2 heterocycles. The lowest BCUT2D eigenvalue weighted by Crippen LogP contribution is -1.91. The Balaban J connectivity index is 1.77. The molecule has 0 saturated heterocycles. The predicted octanol–water partition coefficient (Wildman–Crippen LogP) is 4.47. The van der Waals surface area contributed by atoms with Gasteiger partial charge in [0.15, 0.2) is 0 Å². The quantitative estimate of drug-likeness (QED) is 0.571. The van der Waals surface area contributed by atoms with E-state index in [-0.39, 0.29) is 0 Å². The van der Waals surface area contributed by atoms with Gasteiger partial charge in [-0.25, -0.2) is 4.98 Å². The van der Waals surface area contributed by atoms with Crippen molar-refractivity contribution in [3.05, 3.63) is 72.1 Å². The van der Waals surface area contributed by atoms with Gasteiger partial charge in [-0.2, -0.15) is 0 Å². The smallest absolute Gasteiger partial charge is 0.0729 e. The molecule has 3 heteroatoms. The van der Waals surface area contributed by atoms with Gasteiger partial charge in [0.25, 0.3) is 0 Å². The number of benzene rings is 2. The molecule has 0 fully saturated rings. The van der Waals surface area contributed by atoms with Gasteiger partial charge in [-0.1, -0.05) is 42.5 Å². The van der Waals surface area contributed by atoms with Crippen LogP contribution in [0.2, 0.25) is 0 Å². The standard InChI is InChI=1S/C19H15N3/c20-17-11-14(22-19-8-4-2-6-16(17)19)10-9-13-12-21-18-7-3-1-5-15(13)18/h1-12,21H,(H2,20,22)/b10-9+. The molecular weight excluding hydrogens is 270 g/mol. The van der Waals surface area contributed by atoms with Gasteiger partial charge in [-0.05, 0) is 29.8 Å². The number of para-hydroxylation sites is 2. The summed E-state index contributed by atoms with van der Waals surface area (Å²) in [6.07, 6.45) is 6.07. The lowest BCUT2D eigenvalue weighted by atomic mass is 10.1. The highest BCUT2D eigenvalue weighted by molar-refractivity contribution is 5.94. The summed E-state index contributed by atoms with van der Waals surface area (Å²) in [7, 11) is 0. The SMILES string of the molecule is Nc1cc(/C=C/c2c[nH]c3ccccc23)nc2ccccc12. The first-order valence-electron chi connectivity index (χ1n) is 7.21. The molecule has 0 radical (unpaired) electrons. The van der Waals surface area contributed by atoms with Gasteiger partial charge < -0.3 is 10.7 Å². The third-order valence-electron chi connectivity index (χ3n) is 3.82. The van der Waals surface area contributed by atoms with Crippen LogP contribution in [0.15, 0.2) is 60.8 Å². The molecule has 0 aliphatic heterocycles. The maximum atomic E-state index is 6.12. The first-order valence-corrected chi connectivity index (χ1v) is 7.21. The molecular formula is C19H15N3. The fourth-order valence-corrected chi connectivity index (χ4v) is 2.72. The lowest BCUT2D eigenvalue weighted by molar-refractivity contribution is 1.37. The Kier molecular flexibility index (Phi) is 2.90. The minimum atomic E-state index is 0.754. The lowest BCUT2D eigenvalue weighted by Gasteiger charge is -2.03. The number of nitrogens with two attached hydrogens (primary N) is 1. The van der Waals surface area contributed by atoms with Gasteiger partial charge in [0.1, 0.15) is 0 Å². The van der Waals surface area contributed by atoms with E-state index < -0.39 is 0 Å². The number of fused-ring (bicyclic) bond motifs is 2. The summed E-state index contributed by atoms with van der Waals surface area (Å²) in [6, 6.07) is 18.1. The average Bonchev–Trinajstić information content (AvgIpc) is 2.96. The van der Waals surface area contributed by atoms with Gasteiger partial charge >= 0.3 is 0 Å². The minimum Gasteiger partial charge on any atom is -0.398 e. The average molecular weight is 285 g/mol. The zero-order valence-electron chi connectivity index (χ0n) is 12.0. The molecule has 106 valence electrons. The number of pyridine rings is 1. The number of H-pyrrole nitrogens is 1. The van der Waals surface area contributed by atoms with E-state index >= 15 is 0 Å². The van der Waals surface area contributed by atoms with Crippen molar-refractivity contribution in [3.8, 4) is 0 Å². The zero-order valence-corrected chi connectivity index (χ0v) is 12.0. The molecule has 3 N–H and O–H groups in total. The number of nitrogens with zero attached hydrogens (tertiary/aromatic N) is 1. The van der Waals surface area contributed by atoms with Crippen molar-refractivity contribution < 1.29 is 0 Å². The van der Waals surface area contributed by atoms with Crippen molar-refractivity contribution in [3.63, 3.8) is 0 Å². The zero-order chi connectivity index (χ0) is 14.9. The van der Waals surface area contributed by atoms with Crippen molar-refractivity contribution in [2.75, 3.05) is 5.73 Å². The number of aromatic amines is 1. The number of nitrogen functional groups attached to an aromatic ring is 1. The molecule has 4 rings (SSSR count). The van der Waals surface area contributed by atoms with E-state index in [9.17, 15) is 0 Å². The van der Waals surface area contributed by atoms with Crippen LogP contribution in [0.5, 0.6) is 0 Å². The Labute approximate surface area is 128 Å². The van der Waals surface area contributed by atoms with Crippen LogP contribution >= 0.6 is 0 Å². The topological polar surface area (TPSA) is 54.7 Å². The van der Waals surface area contributed by atoms with Crippen LogP contribution in [0.3, 0.4) is 0 Å².